The van der Waals surface area contributed by atoms with Gasteiger partial charge in [0.25, 0.3) is 0 Å². The minimum absolute atomic E-state index is 0.0188. The first-order valence-corrected chi connectivity index (χ1v) is 55.4. The molecule has 121 heavy (non-hydrogen) atoms. The van der Waals surface area contributed by atoms with E-state index in [1.807, 2.05) is 94.7 Å². The van der Waals surface area contributed by atoms with Crippen LogP contribution in [-0.2, 0) is 57.5 Å². The molecule has 0 amide bonds. The molecular weight excluding hydrogens is 1820 g/mol. The molecule has 0 heterocycles. The average molecular weight is 1970 g/mol. The number of aliphatic hydroxyl groups is 16. The van der Waals surface area contributed by atoms with Gasteiger partial charge in [-0.2, -0.15) is 0 Å². The molecule has 0 aliphatic carbocycles. The Labute approximate surface area is 766 Å². The first kappa shape index (κ1) is 120. The van der Waals surface area contributed by atoms with Gasteiger partial charge in [0, 0.05) is 13.2 Å². The SMILES string of the molecule is CCC(OCC(O)C(O)C(Cl)(Cl)Cl)C(OCC(O)C(O)C(Cl)(Cl)Cl)C(Cl)(Cl)Cl.CCC(OCC(O)C(O)[Si](C)(C)C)C(OCC(O)C(O)[Si](C)(C)C)[Si](C)(C)C.CCCCCC(COCCCCC(O)CO)OCCCCC(O)CO.CCc1ccc(OCC(COCc2ccc(OCC(O)CO)cc2)OCc2ccc(OCC(O)CO)cc2)cc1. The molecule has 710 valence electrons. The smallest absolute Gasteiger partial charge is 0.218 e. The zero-order valence-electron chi connectivity index (χ0n) is 72.6. The number of aliphatic hydroxyl groups excluding tert-OH is 16. The highest BCUT2D eigenvalue weighted by atomic mass is 35.6. The second kappa shape index (κ2) is 65.0. The van der Waals surface area contributed by atoms with Gasteiger partial charge in [-0.3, -0.25) is 0 Å². The second-order valence-corrected chi connectivity index (χ2v) is 56.0. The predicted octanol–water partition coefficient (Wildman–Crippen LogP) is 10.9. The van der Waals surface area contributed by atoms with Gasteiger partial charge in [0.1, 0.15) is 98.1 Å². The molecule has 0 bridgehead atoms. The lowest BCUT2D eigenvalue weighted by Crippen LogP contribution is -2.54. The van der Waals surface area contributed by atoms with Crippen LogP contribution >= 0.6 is 104 Å². The lowest BCUT2D eigenvalue weighted by atomic mass is 10.1. The first-order valence-electron chi connectivity index (χ1n) is 41.3. The fraction of sp³-hybridized carbons (Fsp3) is 0.780. The third kappa shape index (κ3) is 56.0. The van der Waals surface area contributed by atoms with Crippen molar-refractivity contribution in [2.75, 3.05) is 99.1 Å². The van der Waals surface area contributed by atoms with Crippen molar-refractivity contribution < 1.29 is 134 Å². The van der Waals surface area contributed by atoms with Crippen LogP contribution < -0.4 is 14.2 Å². The Hall–Kier alpha value is -0.639. The second-order valence-electron chi connectivity index (χ2n) is 32.9. The Morgan fingerprint density at radius 3 is 1.11 bits per heavy atom. The van der Waals surface area contributed by atoms with Gasteiger partial charge in [-0.1, -0.05) is 247 Å². The van der Waals surface area contributed by atoms with Crippen molar-refractivity contribution in [3.05, 3.63) is 89.5 Å². The number of alkyl halides is 9. The number of ether oxygens (including phenoxy) is 11. The molecule has 0 saturated carbocycles. The van der Waals surface area contributed by atoms with E-state index in [0.29, 0.717) is 77.0 Å². The molecule has 3 rings (SSSR count). The maximum atomic E-state index is 10.4. The van der Waals surface area contributed by atoms with Gasteiger partial charge in [0.2, 0.25) is 11.4 Å². The topological polar surface area (TPSA) is 425 Å². The number of halogens is 9. The lowest BCUT2D eigenvalue weighted by Gasteiger charge is -2.38. The summed E-state index contributed by atoms with van der Waals surface area (Å²) in [6.07, 6.45) is -3.25. The van der Waals surface area contributed by atoms with E-state index in [0.717, 1.165) is 61.8 Å². The minimum Gasteiger partial charge on any atom is -0.491 e. The molecule has 18 unspecified atom stereocenters. The number of unbranched alkanes of at least 4 members (excludes halogenated alkanes) is 4. The third-order valence-corrected chi connectivity index (χ3v) is 27.2. The van der Waals surface area contributed by atoms with E-state index in [2.05, 4.69) is 33.5 Å². The zero-order valence-corrected chi connectivity index (χ0v) is 82.4. The molecule has 0 aliphatic heterocycles. The summed E-state index contributed by atoms with van der Waals surface area (Å²) in [5, 5.41) is 153. The Morgan fingerprint density at radius 2 is 0.711 bits per heavy atom. The Morgan fingerprint density at radius 1 is 0.331 bits per heavy atom. The van der Waals surface area contributed by atoms with Crippen LogP contribution in [0.15, 0.2) is 72.8 Å². The molecule has 0 aromatic heterocycles. The molecule has 3 aromatic carbocycles. The number of aryl methyl sites for hydroxylation is 1. The summed E-state index contributed by atoms with van der Waals surface area (Å²) in [6, 6.07) is 22.7. The van der Waals surface area contributed by atoms with E-state index >= 15 is 0 Å². The summed E-state index contributed by atoms with van der Waals surface area (Å²) in [5.74, 6) is 1.95. The summed E-state index contributed by atoms with van der Waals surface area (Å²) < 4.78 is 57.2. The van der Waals surface area contributed by atoms with Crippen LogP contribution in [0.3, 0.4) is 0 Å². The van der Waals surface area contributed by atoms with Crippen LogP contribution in [0.1, 0.15) is 121 Å². The zero-order chi connectivity index (χ0) is 92.3. The van der Waals surface area contributed by atoms with E-state index in [1.54, 1.807) is 31.2 Å². The van der Waals surface area contributed by atoms with Crippen LogP contribution in [0.25, 0.3) is 0 Å². The highest BCUT2D eigenvalue weighted by Crippen LogP contribution is 2.38. The van der Waals surface area contributed by atoms with Crippen molar-refractivity contribution in [3.63, 3.8) is 0 Å². The Bertz CT molecular complexity index is 2900. The molecule has 0 fully saturated rings. The number of hydrogen-bond acceptors (Lipinski definition) is 27. The Balaban J connectivity index is 0.00000162. The van der Waals surface area contributed by atoms with Crippen molar-refractivity contribution in [3.8, 4) is 17.2 Å². The van der Waals surface area contributed by atoms with Gasteiger partial charge in [-0.15, -0.1) is 0 Å². The van der Waals surface area contributed by atoms with Crippen molar-refractivity contribution >= 4 is 129 Å². The van der Waals surface area contributed by atoms with E-state index in [1.165, 1.54) is 18.4 Å². The highest BCUT2D eigenvalue weighted by Gasteiger charge is 2.45. The Kier molecular flexibility index (Phi) is 64.7. The van der Waals surface area contributed by atoms with Crippen LogP contribution in [0.5, 0.6) is 17.2 Å². The first-order chi connectivity index (χ1) is 56.5. The van der Waals surface area contributed by atoms with E-state index < -0.39 is 134 Å². The summed E-state index contributed by atoms with van der Waals surface area (Å²) in [6.45, 7) is 27.8. The number of rotatable bonds is 61. The van der Waals surface area contributed by atoms with Crippen LogP contribution in [0.4, 0.5) is 0 Å². The van der Waals surface area contributed by atoms with Gasteiger partial charge in [-0.25, -0.2) is 0 Å². The van der Waals surface area contributed by atoms with Gasteiger partial charge in [-0.05, 0) is 117 Å². The van der Waals surface area contributed by atoms with Gasteiger partial charge < -0.3 is 134 Å². The predicted molar refractivity (Wildman–Crippen MR) is 487 cm³/mol. The molecule has 0 spiro atoms. The van der Waals surface area contributed by atoms with E-state index in [4.69, 9.17) is 177 Å². The monoisotopic (exact) mass is 1960 g/mol. The normalized spacial score (nSPS) is 17.0. The van der Waals surface area contributed by atoms with Crippen LogP contribution in [0, 0.1) is 0 Å². The summed E-state index contributed by atoms with van der Waals surface area (Å²) in [5.41, 5.74) is 1.45. The molecular formula is C82H145Cl9O27Si3. The summed E-state index contributed by atoms with van der Waals surface area (Å²) >= 11 is 50.7. The van der Waals surface area contributed by atoms with Crippen molar-refractivity contribution in [2.45, 2.75) is 303 Å². The van der Waals surface area contributed by atoms with Crippen LogP contribution in [-0.4, -0.2) is 325 Å². The lowest BCUT2D eigenvalue weighted by molar-refractivity contribution is -0.127. The standard InChI is InChI=1S/C31H40O9.C19H46O6Si3.C19H40O6.C13H19Cl9O6/c1-2-23-3-9-30(10-4-23)40-22-31(37-18-25-7-13-29(14-8-25)39-20-27(35)16-33)21-36-17-24-5-11-28(12-6-24)38-19-26(34)15-32;1-11-16(24-12-14(20)17(22)26(2,3)4)19(28(8,9)10)25-13-15(21)18(23)27(5,6)7;1-2-3-4-11-19(25-13-8-6-10-18(23)15-21)16-24-12-7-5-9-17(22)14-20;1-2-7(27-3-5(23)8(25)11(14,15)16)10(13(20,21)22)28-4-6(24)9(26)12(17,18)19/h3-14,26-27,31-35H,2,15-22H2,1H3;14-23H,11-13H2,1-10H3;17-23H,2-16H2,1H3;5-10,23-26H,2-4H2,1H3. The summed E-state index contributed by atoms with van der Waals surface area (Å²) in [7, 11) is -5.59. The summed E-state index contributed by atoms with van der Waals surface area (Å²) in [4.78, 5) is 0. The maximum absolute atomic E-state index is 10.4. The fourth-order valence-corrected chi connectivity index (χ4v) is 17.1. The fourth-order valence-electron chi connectivity index (χ4n) is 11.1. The number of hydrogen-bond donors (Lipinski definition) is 16. The van der Waals surface area contributed by atoms with Crippen molar-refractivity contribution in [1.29, 1.82) is 0 Å². The molecule has 27 nitrogen and oxygen atoms in total. The molecule has 0 aliphatic rings. The highest BCUT2D eigenvalue weighted by molar-refractivity contribution is 6.78. The molecule has 0 radical (unpaired) electrons. The average Bonchev–Trinajstić information content (AvgIpc) is 0.839. The van der Waals surface area contributed by atoms with Gasteiger partial charge >= 0.3 is 0 Å². The van der Waals surface area contributed by atoms with Crippen molar-refractivity contribution in [1.82, 2.24) is 0 Å². The largest absolute Gasteiger partial charge is 0.491 e. The van der Waals surface area contributed by atoms with Crippen LogP contribution in [0.2, 0.25) is 58.9 Å². The molecule has 16 N–H and O–H groups in total. The molecule has 0 saturated heterocycles. The van der Waals surface area contributed by atoms with E-state index in [9.17, 15) is 61.3 Å². The van der Waals surface area contributed by atoms with Gasteiger partial charge in [0.15, 0.2) is 0 Å². The van der Waals surface area contributed by atoms with Crippen molar-refractivity contribution in [2.24, 2.45) is 0 Å². The minimum atomic E-state index is -2.17. The van der Waals surface area contributed by atoms with Gasteiger partial charge in [0.05, 0.1) is 151 Å². The third-order valence-electron chi connectivity index (χ3n) is 18.6. The molecule has 18 atom stereocenters. The molecule has 3 aromatic rings. The maximum Gasteiger partial charge on any atom is 0.218 e. The van der Waals surface area contributed by atoms with E-state index in [-0.39, 0.29) is 83.3 Å². The number of benzene rings is 3. The molecule has 39 heteroatoms. The quantitative estimate of drug-likeness (QED) is 0.0142.